The highest BCUT2D eigenvalue weighted by Gasteiger charge is 2.36. The van der Waals surface area contributed by atoms with Crippen LogP contribution in [-0.2, 0) is 16.0 Å². The Morgan fingerprint density at radius 2 is 2.12 bits per heavy atom. The normalized spacial score (nSPS) is 22.0. The lowest BCUT2D eigenvalue weighted by molar-refractivity contribution is -0.127. The minimum atomic E-state index is -0.153. The number of methoxy groups -OCH3 is 1. The number of carbonyl (C=O) groups excluding carboxylic acids is 1. The zero-order chi connectivity index (χ0) is 17.9. The van der Waals surface area contributed by atoms with Gasteiger partial charge in [-0.3, -0.25) is 4.79 Å². The topological polar surface area (TPSA) is 60.0 Å². The predicted molar refractivity (Wildman–Crippen MR) is 95.2 cm³/mol. The zero-order valence-corrected chi connectivity index (χ0v) is 15.3. The second-order valence-electron chi connectivity index (χ2n) is 7.13. The quantitative estimate of drug-likeness (QED) is 0.873. The molecule has 25 heavy (non-hydrogen) atoms. The van der Waals surface area contributed by atoms with Crippen LogP contribution in [0.4, 0.5) is 0 Å². The molecule has 1 aromatic rings. The fourth-order valence-electron chi connectivity index (χ4n) is 3.58. The molecule has 1 unspecified atom stereocenters. The van der Waals surface area contributed by atoms with Gasteiger partial charge in [0.25, 0.3) is 0 Å². The first-order valence-corrected chi connectivity index (χ1v) is 8.87. The van der Waals surface area contributed by atoms with Gasteiger partial charge in [0.1, 0.15) is 18.1 Å². The fourth-order valence-corrected chi connectivity index (χ4v) is 3.58. The summed E-state index contributed by atoms with van der Waals surface area (Å²) < 4.78 is 16.5. The van der Waals surface area contributed by atoms with Gasteiger partial charge in [-0.05, 0) is 45.0 Å². The number of rotatable bonds is 5. The zero-order valence-electron chi connectivity index (χ0n) is 15.3. The van der Waals surface area contributed by atoms with Crippen molar-refractivity contribution < 1.29 is 19.0 Å². The van der Waals surface area contributed by atoms with Crippen LogP contribution < -0.4 is 14.8 Å². The molecule has 2 aliphatic rings. The maximum absolute atomic E-state index is 12.7. The standard InChI is InChI=1S/C19H28N2O4/c1-21(2)19(6-8-24-9-7-19)13-20-18(22)15-10-14-4-5-16(23-3)11-17(14)25-12-15/h4-5,11,15H,6-10,12-13H2,1-3H3,(H,20,22). The molecule has 0 bridgehead atoms. The van der Waals surface area contributed by atoms with Gasteiger partial charge in [0.05, 0.1) is 13.0 Å². The number of hydrogen-bond acceptors (Lipinski definition) is 5. The van der Waals surface area contributed by atoms with Gasteiger partial charge in [-0.15, -0.1) is 0 Å². The van der Waals surface area contributed by atoms with E-state index in [2.05, 4.69) is 24.3 Å². The van der Waals surface area contributed by atoms with Gasteiger partial charge in [0, 0.05) is 31.4 Å². The second kappa shape index (κ2) is 7.62. The van der Waals surface area contributed by atoms with Gasteiger partial charge in [-0.1, -0.05) is 6.07 Å². The smallest absolute Gasteiger partial charge is 0.226 e. The highest BCUT2D eigenvalue weighted by Crippen LogP contribution is 2.31. The molecule has 0 aliphatic carbocycles. The summed E-state index contributed by atoms with van der Waals surface area (Å²) in [5, 5.41) is 3.16. The molecule has 6 heteroatoms. The molecule has 1 atom stereocenters. The average molecular weight is 348 g/mol. The molecule has 1 aromatic carbocycles. The first-order chi connectivity index (χ1) is 12.0. The molecule has 0 aromatic heterocycles. The van der Waals surface area contributed by atoms with Crippen LogP contribution in [0, 0.1) is 5.92 Å². The third-order valence-corrected chi connectivity index (χ3v) is 5.52. The minimum Gasteiger partial charge on any atom is -0.497 e. The van der Waals surface area contributed by atoms with Crippen LogP contribution in [0.3, 0.4) is 0 Å². The molecular formula is C19H28N2O4. The largest absolute Gasteiger partial charge is 0.497 e. The van der Waals surface area contributed by atoms with Gasteiger partial charge in [0.15, 0.2) is 0 Å². The van der Waals surface area contributed by atoms with E-state index in [-0.39, 0.29) is 17.4 Å². The van der Waals surface area contributed by atoms with E-state index >= 15 is 0 Å². The van der Waals surface area contributed by atoms with Gasteiger partial charge in [0.2, 0.25) is 5.91 Å². The van der Waals surface area contributed by atoms with Crippen molar-refractivity contribution in [1.82, 2.24) is 10.2 Å². The van der Waals surface area contributed by atoms with Crippen molar-refractivity contribution in [2.45, 2.75) is 24.8 Å². The van der Waals surface area contributed by atoms with Crippen molar-refractivity contribution in [3.8, 4) is 11.5 Å². The number of nitrogens with one attached hydrogen (secondary N) is 1. The number of ether oxygens (including phenoxy) is 3. The fraction of sp³-hybridized carbons (Fsp3) is 0.632. The van der Waals surface area contributed by atoms with Gasteiger partial charge >= 0.3 is 0 Å². The van der Waals surface area contributed by atoms with Crippen molar-refractivity contribution in [2.75, 3.05) is 47.6 Å². The Morgan fingerprint density at radius 1 is 1.36 bits per heavy atom. The summed E-state index contributed by atoms with van der Waals surface area (Å²) in [7, 11) is 5.79. The molecule has 138 valence electrons. The third kappa shape index (κ3) is 3.90. The molecule has 0 spiro atoms. The van der Waals surface area contributed by atoms with Crippen LogP contribution >= 0.6 is 0 Å². The first-order valence-electron chi connectivity index (χ1n) is 8.87. The number of nitrogens with zero attached hydrogens (tertiary/aromatic N) is 1. The second-order valence-corrected chi connectivity index (χ2v) is 7.13. The molecule has 2 aliphatic heterocycles. The van der Waals surface area contributed by atoms with Crippen LogP contribution in [0.25, 0.3) is 0 Å². The van der Waals surface area contributed by atoms with Crippen molar-refractivity contribution in [1.29, 1.82) is 0 Å². The van der Waals surface area contributed by atoms with E-state index in [1.54, 1.807) is 7.11 Å². The average Bonchev–Trinajstić information content (AvgIpc) is 2.65. The third-order valence-electron chi connectivity index (χ3n) is 5.52. The SMILES string of the molecule is COc1ccc2c(c1)OCC(C(=O)NCC1(N(C)C)CCOCC1)C2. The van der Waals surface area contributed by atoms with E-state index in [4.69, 9.17) is 14.2 Å². The van der Waals surface area contributed by atoms with Gasteiger partial charge in [-0.2, -0.15) is 0 Å². The predicted octanol–water partition coefficient (Wildman–Crippen LogP) is 1.47. The van der Waals surface area contributed by atoms with Crippen LogP contribution in [-0.4, -0.2) is 63.9 Å². The highest BCUT2D eigenvalue weighted by atomic mass is 16.5. The molecule has 1 amide bonds. The number of hydrogen-bond donors (Lipinski definition) is 1. The summed E-state index contributed by atoms with van der Waals surface area (Å²) in [5.74, 6) is 1.50. The van der Waals surface area contributed by atoms with E-state index in [0.29, 0.717) is 19.6 Å². The summed E-state index contributed by atoms with van der Waals surface area (Å²) in [5.41, 5.74) is 1.04. The number of benzene rings is 1. The summed E-state index contributed by atoms with van der Waals surface area (Å²) >= 11 is 0. The van der Waals surface area contributed by atoms with E-state index < -0.39 is 0 Å². The molecule has 1 saturated heterocycles. The van der Waals surface area contributed by atoms with E-state index in [9.17, 15) is 4.79 Å². The number of likely N-dealkylation sites (N-methyl/N-ethyl adjacent to an activating group) is 1. The Hall–Kier alpha value is -1.79. The lowest BCUT2D eigenvalue weighted by Gasteiger charge is -2.43. The maximum atomic E-state index is 12.7. The van der Waals surface area contributed by atoms with Crippen molar-refractivity contribution >= 4 is 5.91 Å². The number of fused-ring (bicyclic) bond motifs is 1. The summed E-state index contributed by atoms with van der Waals surface area (Å²) in [6, 6.07) is 5.77. The Balaban J connectivity index is 1.60. The van der Waals surface area contributed by atoms with Gasteiger partial charge in [-0.25, -0.2) is 0 Å². The van der Waals surface area contributed by atoms with E-state index in [1.807, 2.05) is 18.2 Å². The van der Waals surface area contributed by atoms with E-state index in [0.717, 1.165) is 43.1 Å². The molecular weight excluding hydrogens is 320 g/mol. The molecule has 2 heterocycles. The lowest BCUT2D eigenvalue weighted by Crippen LogP contribution is -2.56. The van der Waals surface area contributed by atoms with Crippen LogP contribution in [0.2, 0.25) is 0 Å². The van der Waals surface area contributed by atoms with Crippen molar-refractivity contribution in [3.05, 3.63) is 23.8 Å². The monoisotopic (exact) mass is 348 g/mol. The van der Waals surface area contributed by atoms with Crippen LogP contribution in [0.1, 0.15) is 18.4 Å². The number of amides is 1. The highest BCUT2D eigenvalue weighted by molar-refractivity contribution is 5.79. The Bertz CT molecular complexity index is 611. The molecule has 3 rings (SSSR count). The Labute approximate surface area is 149 Å². The first kappa shape index (κ1) is 18.0. The van der Waals surface area contributed by atoms with Crippen molar-refractivity contribution in [3.63, 3.8) is 0 Å². The van der Waals surface area contributed by atoms with Crippen LogP contribution in [0.5, 0.6) is 11.5 Å². The molecule has 0 saturated carbocycles. The van der Waals surface area contributed by atoms with Gasteiger partial charge < -0.3 is 24.4 Å². The Morgan fingerprint density at radius 3 is 2.80 bits per heavy atom. The summed E-state index contributed by atoms with van der Waals surface area (Å²) in [6.45, 7) is 2.55. The molecule has 0 radical (unpaired) electrons. The van der Waals surface area contributed by atoms with Crippen LogP contribution in [0.15, 0.2) is 18.2 Å². The molecule has 1 fully saturated rings. The molecule has 1 N–H and O–H groups in total. The maximum Gasteiger partial charge on any atom is 0.226 e. The van der Waals surface area contributed by atoms with E-state index in [1.165, 1.54) is 0 Å². The summed E-state index contributed by atoms with van der Waals surface area (Å²) in [6.07, 6.45) is 2.57. The summed E-state index contributed by atoms with van der Waals surface area (Å²) in [4.78, 5) is 14.9. The van der Waals surface area contributed by atoms with Crippen molar-refractivity contribution in [2.24, 2.45) is 5.92 Å². The minimum absolute atomic E-state index is 0.0191. The Kier molecular flexibility index (Phi) is 5.49. The number of carbonyl (C=O) groups is 1. The molecule has 6 nitrogen and oxygen atoms in total. The lowest BCUT2D eigenvalue weighted by atomic mass is 9.88.